The largest absolute Gasteiger partial charge is 0.338 e. The number of carbonyl (C=O) groups is 2. The van der Waals surface area contributed by atoms with Gasteiger partial charge in [-0.3, -0.25) is 19.6 Å². The van der Waals surface area contributed by atoms with Crippen LogP contribution in [-0.2, 0) is 17.6 Å². The second-order valence-corrected chi connectivity index (χ2v) is 8.90. The minimum absolute atomic E-state index is 0.0171. The number of amides is 2. The molecule has 2 aliphatic heterocycles. The van der Waals surface area contributed by atoms with Crippen LogP contribution in [0.15, 0.2) is 36.5 Å². The van der Waals surface area contributed by atoms with E-state index in [9.17, 15) is 9.59 Å². The third kappa shape index (κ3) is 4.13. The molecule has 1 aromatic carbocycles. The number of hydrogen-bond acceptors (Lipinski definition) is 5. The van der Waals surface area contributed by atoms with Crippen molar-refractivity contribution in [3.05, 3.63) is 70.4 Å². The van der Waals surface area contributed by atoms with Crippen molar-refractivity contribution in [1.82, 2.24) is 25.1 Å². The number of nitrogens with one attached hydrogen (secondary N) is 1. The van der Waals surface area contributed by atoms with Gasteiger partial charge in [-0.25, -0.2) is 9.97 Å². The van der Waals surface area contributed by atoms with Crippen LogP contribution >= 0.6 is 0 Å². The van der Waals surface area contributed by atoms with Crippen LogP contribution in [0.4, 0.5) is 5.82 Å². The molecule has 5 rings (SSSR count). The van der Waals surface area contributed by atoms with Gasteiger partial charge in [-0.05, 0) is 38.7 Å². The zero-order valence-corrected chi connectivity index (χ0v) is 19.0. The van der Waals surface area contributed by atoms with Crippen LogP contribution < -0.4 is 4.90 Å². The lowest BCUT2D eigenvalue weighted by Crippen LogP contribution is -2.38. The average molecular weight is 445 g/mol. The molecule has 2 amide bonds. The number of nitrogens with zero attached hydrogens (tertiary/aromatic N) is 5. The molecule has 2 aromatic heterocycles. The molecule has 0 atom stereocenters. The van der Waals surface area contributed by atoms with Crippen molar-refractivity contribution < 1.29 is 9.59 Å². The van der Waals surface area contributed by atoms with E-state index in [1.54, 1.807) is 6.20 Å². The second kappa shape index (κ2) is 8.77. The number of likely N-dealkylation sites (tertiary alicyclic amines) is 1. The van der Waals surface area contributed by atoms with Gasteiger partial charge in [-0.2, -0.15) is 5.10 Å². The van der Waals surface area contributed by atoms with Gasteiger partial charge < -0.3 is 4.90 Å². The summed E-state index contributed by atoms with van der Waals surface area (Å²) >= 11 is 0. The van der Waals surface area contributed by atoms with Crippen LogP contribution in [0.3, 0.4) is 0 Å². The molecule has 0 saturated carbocycles. The summed E-state index contributed by atoms with van der Waals surface area (Å²) < 4.78 is 0. The van der Waals surface area contributed by atoms with Crippen LogP contribution in [0.2, 0.25) is 0 Å². The fourth-order valence-corrected chi connectivity index (χ4v) is 4.77. The van der Waals surface area contributed by atoms with E-state index in [4.69, 9.17) is 9.97 Å². The summed E-state index contributed by atoms with van der Waals surface area (Å²) in [5, 5.41) is 6.80. The Morgan fingerprint density at radius 3 is 2.58 bits per heavy atom. The zero-order chi connectivity index (χ0) is 22.9. The number of fused-ring (bicyclic) bond motifs is 1. The van der Waals surface area contributed by atoms with Gasteiger partial charge in [0.15, 0.2) is 0 Å². The Kier molecular flexibility index (Phi) is 5.66. The van der Waals surface area contributed by atoms with Gasteiger partial charge in [0.2, 0.25) is 5.91 Å². The minimum atomic E-state index is 0.0171. The van der Waals surface area contributed by atoms with E-state index in [1.165, 1.54) is 5.56 Å². The summed E-state index contributed by atoms with van der Waals surface area (Å²) in [5.74, 6) is 1.84. The third-order valence-electron chi connectivity index (χ3n) is 6.77. The van der Waals surface area contributed by atoms with Crippen molar-refractivity contribution in [1.29, 1.82) is 0 Å². The normalized spacial score (nSPS) is 16.4. The van der Waals surface area contributed by atoms with Crippen molar-refractivity contribution in [2.24, 2.45) is 0 Å². The van der Waals surface area contributed by atoms with Crippen LogP contribution in [-0.4, -0.2) is 56.5 Å². The first-order valence-electron chi connectivity index (χ1n) is 11.5. The topological polar surface area (TPSA) is 95.1 Å². The van der Waals surface area contributed by atoms with Gasteiger partial charge in [-0.15, -0.1) is 0 Å². The van der Waals surface area contributed by atoms with Crippen molar-refractivity contribution in [2.75, 3.05) is 24.5 Å². The number of aromatic nitrogens is 4. The summed E-state index contributed by atoms with van der Waals surface area (Å²) in [6, 6.07) is 10.2. The Bertz CT molecular complexity index is 1180. The van der Waals surface area contributed by atoms with E-state index < -0.39 is 0 Å². The van der Waals surface area contributed by atoms with Gasteiger partial charge in [0.1, 0.15) is 11.6 Å². The summed E-state index contributed by atoms with van der Waals surface area (Å²) in [4.78, 5) is 38.9. The number of aromatic amines is 1. The first-order valence-corrected chi connectivity index (χ1v) is 11.5. The molecule has 0 bridgehead atoms. The van der Waals surface area contributed by atoms with Crippen LogP contribution in [0.25, 0.3) is 0 Å². The molecule has 2 aliphatic rings. The minimum Gasteiger partial charge on any atom is -0.338 e. The van der Waals surface area contributed by atoms with Crippen molar-refractivity contribution >= 4 is 17.6 Å². The summed E-state index contributed by atoms with van der Waals surface area (Å²) in [6.45, 7) is 5.76. The Hall–Kier alpha value is -3.55. The fraction of sp³-hybridized carbons (Fsp3) is 0.400. The molecule has 1 N–H and O–H groups in total. The molecule has 1 saturated heterocycles. The van der Waals surface area contributed by atoms with Gasteiger partial charge >= 0.3 is 0 Å². The van der Waals surface area contributed by atoms with Gasteiger partial charge in [-0.1, -0.05) is 30.3 Å². The highest BCUT2D eigenvalue weighted by Gasteiger charge is 2.33. The van der Waals surface area contributed by atoms with Gasteiger partial charge in [0.25, 0.3) is 5.91 Å². The lowest BCUT2D eigenvalue weighted by Gasteiger charge is -2.31. The molecule has 170 valence electrons. The number of rotatable bonds is 5. The molecule has 0 unspecified atom stereocenters. The number of H-pyrrole nitrogens is 1. The van der Waals surface area contributed by atoms with Crippen LogP contribution in [0, 0.1) is 13.8 Å². The maximum absolute atomic E-state index is 12.8. The molecule has 0 spiro atoms. The smallest absolute Gasteiger partial charge is 0.257 e. The Morgan fingerprint density at radius 2 is 1.88 bits per heavy atom. The molecular weight excluding hydrogens is 416 g/mol. The Balaban J connectivity index is 1.30. The average Bonchev–Trinajstić information content (AvgIpc) is 3.40. The molecule has 8 heteroatoms. The zero-order valence-electron chi connectivity index (χ0n) is 19.0. The van der Waals surface area contributed by atoms with E-state index in [1.807, 2.05) is 41.8 Å². The molecule has 3 aromatic rings. The van der Waals surface area contributed by atoms with Crippen molar-refractivity contribution in [2.45, 2.75) is 45.4 Å². The Morgan fingerprint density at radius 1 is 1.12 bits per heavy atom. The number of hydrogen-bond donors (Lipinski definition) is 1. The number of carbonyl (C=O) groups excluding carboxylic acids is 2. The highest BCUT2D eigenvalue weighted by atomic mass is 16.2. The van der Waals surface area contributed by atoms with E-state index >= 15 is 0 Å². The molecule has 0 radical (unpaired) electrons. The molecule has 8 nitrogen and oxygen atoms in total. The molecule has 1 fully saturated rings. The molecular formula is C25H28N6O2. The van der Waals surface area contributed by atoms with E-state index in [0.717, 1.165) is 47.9 Å². The quantitative estimate of drug-likeness (QED) is 0.653. The van der Waals surface area contributed by atoms with Gasteiger partial charge in [0, 0.05) is 42.5 Å². The highest BCUT2D eigenvalue weighted by Crippen LogP contribution is 2.33. The lowest BCUT2D eigenvalue weighted by atomic mass is 9.95. The predicted molar refractivity (Wildman–Crippen MR) is 124 cm³/mol. The van der Waals surface area contributed by atoms with Crippen LogP contribution in [0.5, 0.6) is 0 Å². The number of benzene rings is 1. The predicted octanol–water partition coefficient (Wildman–Crippen LogP) is 2.97. The van der Waals surface area contributed by atoms with Crippen LogP contribution in [0.1, 0.15) is 57.5 Å². The summed E-state index contributed by atoms with van der Waals surface area (Å²) in [6.07, 6.45) is 4.36. The third-order valence-corrected chi connectivity index (χ3v) is 6.77. The summed E-state index contributed by atoms with van der Waals surface area (Å²) in [5.41, 5.74) is 4.46. The maximum Gasteiger partial charge on any atom is 0.257 e. The monoisotopic (exact) mass is 444 g/mol. The van der Waals surface area contributed by atoms with E-state index in [0.29, 0.717) is 31.6 Å². The second-order valence-electron chi connectivity index (χ2n) is 8.90. The van der Waals surface area contributed by atoms with E-state index in [2.05, 4.69) is 22.3 Å². The van der Waals surface area contributed by atoms with Gasteiger partial charge in [0.05, 0.1) is 18.2 Å². The number of aryl methyl sites for hydroxylation is 2. The number of anilines is 1. The van der Waals surface area contributed by atoms with Crippen molar-refractivity contribution in [3.63, 3.8) is 0 Å². The van der Waals surface area contributed by atoms with E-state index in [-0.39, 0.29) is 17.7 Å². The maximum atomic E-state index is 12.8. The molecule has 4 heterocycles. The fourth-order valence-electron chi connectivity index (χ4n) is 4.77. The SMILES string of the molecule is Cc1nc(C2CCN(C(=O)c3cn[nH]c3C)CC2)nc2c1CC(=O)N2CCc1ccccc1. The highest BCUT2D eigenvalue weighted by molar-refractivity contribution is 6.00. The standard InChI is InChI=1S/C25H28N6O2/c1-16-20-14-22(32)31(13-8-18-6-4-3-5-7-18)24(20)28-23(27-16)19-9-11-30(12-10-19)25(33)21-15-26-29-17(21)2/h3-7,15,19H,8-14H2,1-2H3,(H,26,29). The summed E-state index contributed by atoms with van der Waals surface area (Å²) in [7, 11) is 0. The first-order chi connectivity index (χ1) is 16.0. The molecule has 0 aliphatic carbocycles. The lowest BCUT2D eigenvalue weighted by molar-refractivity contribution is -0.117. The molecule has 33 heavy (non-hydrogen) atoms. The number of piperidine rings is 1. The van der Waals surface area contributed by atoms with Crippen molar-refractivity contribution in [3.8, 4) is 0 Å². The Labute approximate surface area is 193 Å². The first kappa shape index (κ1) is 21.3.